The SMILES string of the molecule is O=C1NCCC1NCc1ccccc1-c1ccc(Cn2cncn2)cc1. The van der Waals surface area contributed by atoms with Gasteiger partial charge in [0.15, 0.2) is 0 Å². The lowest BCUT2D eigenvalue weighted by atomic mass is 9.98. The molecule has 0 spiro atoms. The van der Waals surface area contributed by atoms with Crippen molar-refractivity contribution in [3.8, 4) is 11.1 Å². The molecule has 0 aliphatic carbocycles. The van der Waals surface area contributed by atoms with Crippen molar-refractivity contribution in [2.45, 2.75) is 25.6 Å². The number of benzene rings is 2. The molecule has 6 heteroatoms. The Hall–Kier alpha value is -2.99. The zero-order chi connectivity index (χ0) is 17.8. The third kappa shape index (κ3) is 3.65. The molecule has 1 fully saturated rings. The number of hydrogen-bond acceptors (Lipinski definition) is 4. The lowest BCUT2D eigenvalue weighted by Gasteiger charge is -2.14. The summed E-state index contributed by atoms with van der Waals surface area (Å²) in [6.07, 6.45) is 4.11. The van der Waals surface area contributed by atoms with Crippen molar-refractivity contribution in [1.29, 1.82) is 0 Å². The Morgan fingerprint density at radius 2 is 2.00 bits per heavy atom. The first-order valence-electron chi connectivity index (χ1n) is 8.80. The number of carbonyl (C=O) groups is 1. The van der Waals surface area contributed by atoms with E-state index in [0.29, 0.717) is 13.1 Å². The van der Waals surface area contributed by atoms with Crippen LogP contribution in [-0.4, -0.2) is 33.3 Å². The summed E-state index contributed by atoms with van der Waals surface area (Å²) in [6.45, 7) is 2.14. The number of aromatic nitrogens is 3. The second kappa shape index (κ2) is 7.49. The Bertz CT molecular complexity index is 873. The highest BCUT2D eigenvalue weighted by atomic mass is 16.2. The average molecular weight is 347 g/mol. The normalized spacial score (nSPS) is 16.6. The molecule has 6 nitrogen and oxygen atoms in total. The van der Waals surface area contributed by atoms with Crippen LogP contribution in [0.4, 0.5) is 0 Å². The van der Waals surface area contributed by atoms with E-state index in [9.17, 15) is 4.79 Å². The molecule has 1 saturated heterocycles. The van der Waals surface area contributed by atoms with Crippen molar-refractivity contribution in [2.75, 3.05) is 6.54 Å². The standard InChI is InChI=1S/C20H21N5O/c26-20-19(9-10-22-20)23-11-17-3-1-2-4-18(17)16-7-5-15(6-8-16)12-25-14-21-13-24-25/h1-8,13-14,19,23H,9-12H2,(H,22,26). The molecule has 132 valence electrons. The van der Waals surface area contributed by atoms with Gasteiger partial charge in [-0.3, -0.25) is 4.79 Å². The predicted octanol–water partition coefficient (Wildman–Crippen LogP) is 1.97. The van der Waals surface area contributed by atoms with Gasteiger partial charge in [0.05, 0.1) is 12.6 Å². The second-order valence-electron chi connectivity index (χ2n) is 6.46. The van der Waals surface area contributed by atoms with Crippen LogP contribution in [0.2, 0.25) is 0 Å². The lowest BCUT2D eigenvalue weighted by molar-refractivity contribution is -0.120. The van der Waals surface area contributed by atoms with Crippen LogP contribution in [0.5, 0.6) is 0 Å². The fraction of sp³-hybridized carbons (Fsp3) is 0.250. The van der Waals surface area contributed by atoms with E-state index in [-0.39, 0.29) is 11.9 Å². The minimum Gasteiger partial charge on any atom is -0.355 e. The van der Waals surface area contributed by atoms with Gasteiger partial charge in [-0.25, -0.2) is 9.67 Å². The van der Waals surface area contributed by atoms with Crippen molar-refractivity contribution >= 4 is 5.91 Å². The number of nitrogens with one attached hydrogen (secondary N) is 2. The van der Waals surface area contributed by atoms with Gasteiger partial charge in [-0.15, -0.1) is 0 Å². The number of carbonyl (C=O) groups excluding carboxylic acids is 1. The molecular weight excluding hydrogens is 326 g/mol. The van der Waals surface area contributed by atoms with Gasteiger partial charge in [-0.05, 0) is 28.7 Å². The first kappa shape index (κ1) is 16.5. The predicted molar refractivity (Wildman–Crippen MR) is 99.3 cm³/mol. The van der Waals surface area contributed by atoms with Crippen LogP contribution in [0, 0.1) is 0 Å². The number of amides is 1. The molecule has 0 bridgehead atoms. The van der Waals surface area contributed by atoms with Gasteiger partial charge in [-0.2, -0.15) is 5.10 Å². The minimum absolute atomic E-state index is 0.0897. The van der Waals surface area contributed by atoms with Crippen LogP contribution in [0.1, 0.15) is 17.5 Å². The van der Waals surface area contributed by atoms with Crippen molar-refractivity contribution in [1.82, 2.24) is 25.4 Å². The number of hydrogen-bond donors (Lipinski definition) is 2. The molecule has 3 aromatic rings. The Labute approximate surface area is 152 Å². The molecule has 4 rings (SSSR count). The Kier molecular flexibility index (Phi) is 4.75. The summed E-state index contributed by atoms with van der Waals surface area (Å²) in [5, 5.41) is 10.4. The molecule has 0 radical (unpaired) electrons. The van der Waals surface area contributed by atoms with Gasteiger partial charge < -0.3 is 10.6 Å². The van der Waals surface area contributed by atoms with Gasteiger partial charge in [0.2, 0.25) is 5.91 Å². The van der Waals surface area contributed by atoms with E-state index in [4.69, 9.17) is 0 Å². The van der Waals surface area contributed by atoms with E-state index in [1.54, 1.807) is 17.3 Å². The molecule has 1 unspecified atom stereocenters. The maximum absolute atomic E-state index is 11.7. The summed E-state index contributed by atoms with van der Waals surface area (Å²) in [7, 11) is 0. The molecule has 26 heavy (non-hydrogen) atoms. The highest BCUT2D eigenvalue weighted by Crippen LogP contribution is 2.24. The molecule has 2 N–H and O–H groups in total. The molecule has 1 aromatic heterocycles. The van der Waals surface area contributed by atoms with Gasteiger partial charge in [0.25, 0.3) is 0 Å². The maximum atomic E-state index is 11.7. The molecule has 2 aromatic carbocycles. The number of rotatable bonds is 6. The van der Waals surface area contributed by atoms with E-state index >= 15 is 0 Å². The zero-order valence-electron chi connectivity index (χ0n) is 14.4. The minimum atomic E-state index is -0.0897. The van der Waals surface area contributed by atoms with Gasteiger partial charge >= 0.3 is 0 Å². The van der Waals surface area contributed by atoms with E-state index in [0.717, 1.165) is 13.0 Å². The fourth-order valence-electron chi connectivity index (χ4n) is 3.27. The first-order valence-corrected chi connectivity index (χ1v) is 8.80. The van der Waals surface area contributed by atoms with E-state index in [2.05, 4.69) is 57.1 Å². The molecule has 1 atom stereocenters. The van der Waals surface area contributed by atoms with Crippen LogP contribution in [0.25, 0.3) is 11.1 Å². The summed E-state index contributed by atoms with van der Waals surface area (Å²) >= 11 is 0. The number of nitrogens with zero attached hydrogens (tertiary/aromatic N) is 3. The fourth-order valence-corrected chi connectivity index (χ4v) is 3.27. The third-order valence-electron chi connectivity index (χ3n) is 4.68. The van der Waals surface area contributed by atoms with E-state index in [1.165, 1.54) is 22.3 Å². The maximum Gasteiger partial charge on any atom is 0.237 e. The van der Waals surface area contributed by atoms with Crippen molar-refractivity contribution in [2.24, 2.45) is 0 Å². The van der Waals surface area contributed by atoms with Crippen LogP contribution in [0.15, 0.2) is 61.2 Å². The zero-order valence-corrected chi connectivity index (χ0v) is 14.4. The molecule has 0 saturated carbocycles. The summed E-state index contributed by atoms with van der Waals surface area (Å²) in [5.41, 5.74) is 4.72. The summed E-state index contributed by atoms with van der Waals surface area (Å²) in [6, 6.07) is 16.7. The Balaban J connectivity index is 1.49. The van der Waals surface area contributed by atoms with Crippen LogP contribution in [-0.2, 0) is 17.9 Å². The average Bonchev–Trinajstić information content (AvgIpc) is 3.33. The van der Waals surface area contributed by atoms with E-state index in [1.807, 2.05) is 12.1 Å². The highest BCUT2D eigenvalue weighted by molar-refractivity contribution is 5.83. The largest absolute Gasteiger partial charge is 0.355 e. The van der Waals surface area contributed by atoms with E-state index < -0.39 is 0 Å². The van der Waals surface area contributed by atoms with Crippen LogP contribution in [0.3, 0.4) is 0 Å². The Morgan fingerprint density at radius 1 is 1.15 bits per heavy atom. The highest BCUT2D eigenvalue weighted by Gasteiger charge is 2.23. The van der Waals surface area contributed by atoms with Crippen molar-refractivity contribution in [3.63, 3.8) is 0 Å². The molecule has 1 aliphatic rings. The van der Waals surface area contributed by atoms with Gasteiger partial charge in [-0.1, -0.05) is 48.5 Å². The topological polar surface area (TPSA) is 71.8 Å². The second-order valence-corrected chi connectivity index (χ2v) is 6.46. The molecule has 1 amide bonds. The lowest BCUT2D eigenvalue weighted by Crippen LogP contribution is -2.35. The molecule has 1 aliphatic heterocycles. The monoisotopic (exact) mass is 347 g/mol. The smallest absolute Gasteiger partial charge is 0.237 e. The summed E-state index contributed by atoms with van der Waals surface area (Å²) in [5.74, 6) is 0.0972. The van der Waals surface area contributed by atoms with Gasteiger partial charge in [0.1, 0.15) is 12.7 Å². The molecule has 2 heterocycles. The third-order valence-corrected chi connectivity index (χ3v) is 4.68. The summed E-state index contributed by atoms with van der Waals surface area (Å²) < 4.78 is 1.81. The molecular formula is C20H21N5O. The van der Waals surface area contributed by atoms with Crippen molar-refractivity contribution in [3.05, 3.63) is 72.3 Å². The first-order chi connectivity index (χ1) is 12.8. The Morgan fingerprint density at radius 3 is 2.73 bits per heavy atom. The van der Waals surface area contributed by atoms with Gasteiger partial charge in [0, 0.05) is 13.1 Å². The summed E-state index contributed by atoms with van der Waals surface area (Å²) in [4.78, 5) is 15.7. The van der Waals surface area contributed by atoms with Crippen LogP contribution < -0.4 is 10.6 Å². The van der Waals surface area contributed by atoms with Crippen LogP contribution >= 0.6 is 0 Å². The quantitative estimate of drug-likeness (QED) is 0.715. The van der Waals surface area contributed by atoms with Crippen molar-refractivity contribution < 1.29 is 4.79 Å².